The molecule has 2 aromatic carbocycles. The van der Waals surface area contributed by atoms with Crippen LogP contribution < -0.4 is 15.2 Å². The summed E-state index contributed by atoms with van der Waals surface area (Å²) in [7, 11) is -2.36. The van der Waals surface area contributed by atoms with E-state index in [1.54, 1.807) is 17.9 Å². The number of nitrogens with one attached hydrogen (secondary N) is 1. The van der Waals surface area contributed by atoms with Gasteiger partial charge in [-0.3, -0.25) is 4.68 Å². The molecule has 0 amide bonds. The van der Waals surface area contributed by atoms with Crippen molar-refractivity contribution in [1.82, 2.24) is 9.78 Å². The fourth-order valence-corrected chi connectivity index (χ4v) is 3.56. The topological polar surface area (TPSA) is 99.2 Å². The molecule has 0 aliphatic rings. The highest BCUT2D eigenvalue weighted by Gasteiger charge is 2.32. The Morgan fingerprint density at radius 1 is 1.31 bits per heavy atom. The first-order valence-electron chi connectivity index (χ1n) is 8.06. The van der Waals surface area contributed by atoms with E-state index in [0.717, 1.165) is 34.7 Å². The second-order valence-electron chi connectivity index (χ2n) is 6.09. The summed E-state index contributed by atoms with van der Waals surface area (Å²) in [5, 5.41) is 12.7. The molecule has 0 spiro atoms. The summed E-state index contributed by atoms with van der Waals surface area (Å²) in [5.74, 6) is -0.633. The lowest BCUT2D eigenvalue weighted by atomic mass is 10.1. The highest BCUT2D eigenvalue weighted by atomic mass is 32.2. The molecule has 3 rings (SSSR count). The fourth-order valence-electron chi connectivity index (χ4n) is 2.76. The molecule has 1 aromatic heterocycles. The van der Waals surface area contributed by atoms with E-state index in [0.29, 0.717) is 0 Å². The van der Waals surface area contributed by atoms with Crippen molar-refractivity contribution in [2.75, 3.05) is 5.32 Å². The number of benzene rings is 2. The lowest BCUT2D eigenvalue weighted by molar-refractivity contribution is -0.274. The van der Waals surface area contributed by atoms with Gasteiger partial charge in [0.1, 0.15) is 0 Å². The minimum atomic E-state index is -4.97. The molecule has 154 valence electrons. The maximum absolute atomic E-state index is 12.7. The van der Waals surface area contributed by atoms with E-state index in [2.05, 4.69) is 15.2 Å². The minimum Gasteiger partial charge on any atom is -0.404 e. The molecule has 3 N–H and O–H groups in total. The van der Waals surface area contributed by atoms with Crippen molar-refractivity contribution >= 4 is 43.8 Å². The molecular weight excluding hydrogens is 429 g/mol. The molecule has 0 atom stereocenters. The van der Waals surface area contributed by atoms with Gasteiger partial charge in [0.25, 0.3) is 0 Å². The first kappa shape index (κ1) is 21.0. The Bertz CT molecular complexity index is 1190. The summed E-state index contributed by atoms with van der Waals surface area (Å²) in [5.41, 5.74) is 1.40. The van der Waals surface area contributed by atoms with Crippen LogP contribution in [0, 0.1) is 0 Å². The summed E-state index contributed by atoms with van der Waals surface area (Å²) >= 11 is 5.27. The second-order valence-corrected chi connectivity index (χ2v) is 8.15. The zero-order chi connectivity index (χ0) is 21.4. The number of alkyl halides is 3. The van der Waals surface area contributed by atoms with Crippen LogP contribution in [0.25, 0.3) is 10.9 Å². The number of aromatic nitrogens is 2. The number of aryl methyl sites for hydroxylation is 1. The number of primary sulfonamides is 1. The number of halogens is 3. The number of thiocarbonyl (C=S) groups is 1. The maximum atomic E-state index is 12.7. The highest BCUT2D eigenvalue weighted by Crippen LogP contribution is 2.32. The number of hydrogen-bond acceptors (Lipinski definition) is 5. The van der Waals surface area contributed by atoms with E-state index in [4.69, 9.17) is 17.4 Å². The van der Waals surface area contributed by atoms with Crippen molar-refractivity contribution < 1.29 is 26.3 Å². The number of anilines is 1. The van der Waals surface area contributed by atoms with E-state index in [9.17, 15) is 21.6 Å². The first-order chi connectivity index (χ1) is 13.4. The van der Waals surface area contributed by atoms with Crippen molar-refractivity contribution in [2.45, 2.75) is 17.7 Å². The normalized spacial score (nSPS) is 12.2. The molecule has 0 saturated carbocycles. The van der Waals surface area contributed by atoms with Crippen LogP contribution in [0.5, 0.6) is 5.75 Å². The Morgan fingerprint density at radius 3 is 2.69 bits per heavy atom. The average molecular weight is 444 g/mol. The van der Waals surface area contributed by atoms with Crippen molar-refractivity contribution in [2.24, 2.45) is 12.2 Å². The summed E-state index contributed by atoms with van der Waals surface area (Å²) in [6.45, 7) is 0. The van der Waals surface area contributed by atoms with Gasteiger partial charge in [-0.05, 0) is 29.8 Å². The van der Waals surface area contributed by atoms with Crippen LogP contribution in [0.4, 0.5) is 18.9 Å². The highest BCUT2D eigenvalue weighted by molar-refractivity contribution is 7.89. The van der Waals surface area contributed by atoms with Gasteiger partial charge in [0.2, 0.25) is 10.0 Å². The van der Waals surface area contributed by atoms with E-state index in [1.165, 1.54) is 0 Å². The number of hydrogen-bond donors (Lipinski definition) is 2. The molecule has 0 fully saturated rings. The van der Waals surface area contributed by atoms with Crippen molar-refractivity contribution in [3.8, 4) is 5.75 Å². The molecular formula is C17H15F3N4O3S2. The predicted molar refractivity (Wildman–Crippen MR) is 105 cm³/mol. The van der Waals surface area contributed by atoms with Crippen LogP contribution in [0.3, 0.4) is 0 Å². The summed E-state index contributed by atoms with van der Waals surface area (Å²) in [6, 6.07) is 8.20. The third-order valence-electron chi connectivity index (χ3n) is 4.01. The van der Waals surface area contributed by atoms with Crippen molar-refractivity contribution in [3.05, 3.63) is 48.2 Å². The number of ether oxygens (including phenoxy) is 1. The summed E-state index contributed by atoms with van der Waals surface area (Å²) in [4.78, 5) is -0.230. The van der Waals surface area contributed by atoms with E-state index in [1.807, 2.05) is 18.2 Å². The van der Waals surface area contributed by atoms with Gasteiger partial charge in [0.05, 0.1) is 27.3 Å². The Morgan fingerprint density at radius 2 is 2.03 bits per heavy atom. The first-order valence-corrected chi connectivity index (χ1v) is 10.0. The molecule has 12 heteroatoms. The van der Waals surface area contributed by atoms with Gasteiger partial charge in [-0.15, -0.1) is 13.2 Å². The lowest BCUT2D eigenvalue weighted by Gasteiger charge is -2.16. The van der Waals surface area contributed by atoms with Crippen molar-refractivity contribution in [3.63, 3.8) is 0 Å². The van der Waals surface area contributed by atoms with E-state index < -0.39 is 22.1 Å². The van der Waals surface area contributed by atoms with E-state index in [-0.39, 0.29) is 22.0 Å². The van der Waals surface area contributed by atoms with Gasteiger partial charge in [0.15, 0.2) is 5.75 Å². The molecule has 0 saturated heterocycles. The van der Waals surface area contributed by atoms with Gasteiger partial charge in [0, 0.05) is 18.9 Å². The molecule has 0 unspecified atom stereocenters. The fraction of sp³-hybridized carbons (Fsp3) is 0.176. The van der Waals surface area contributed by atoms with Crippen molar-refractivity contribution in [1.29, 1.82) is 0 Å². The summed E-state index contributed by atoms with van der Waals surface area (Å²) < 4.78 is 66.8. The lowest BCUT2D eigenvalue weighted by Crippen LogP contribution is -2.20. The van der Waals surface area contributed by atoms with Crippen LogP contribution in [-0.2, 0) is 23.5 Å². The molecule has 1 heterocycles. The molecule has 0 bridgehead atoms. The SMILES string of the molecule is Cn1ncc2c(CC(=S)Nc3cc(S(N)(=O)=O)ccc3OC(F)(F)F)cccc21. The number of fused-ring (bicyclic) bond motifs is 1. The van der Waals surface area contributed by atoms with Crippen LogP contribution in [0.15, 0.2) is 47.5 Å². The molecule has 0 aliphatic heterocycles. The molecule has 29 heavy (non-hydrogen) atoms. The predicted octanol–water partition coefficient (Wildman–Crippen LogP) is 3.10. The quantitative estimate of drug-likeness (QED) is 0.587. The number of sulfonamides is 1. The smallest absolute Gasteiger partial charge is 0.404 e. The van der Waals surface area contributed by atoms with Gasteiger partial charge < -0.3 is 10.1 Å². The number of nitrogens with two attached hydrogens (primary N) is 1. The zero-order valence-corrected chi connectivity index (χ0v) is 16.5. The third kappa shape index (κ3) is 5.02. The Hall–Kier alpha value is -2.70. The third-order valence-corrected chi connectivity index (χ3v) is 5.17. The maximum Gasteiger partial charge on any atom is 0.573 e. The van der Waals surface area contributed by atoms with Crippen LogP contribution in [0.2, 0.25) is 0 Å². The molecule has 0 radical (unpaired) electrons. The Kier molecular flexibility index (Phi) is 5.52. The van der Waals surface area contributed by atoms with Gasteiger partial charge >= 0.3 is 6.36 Å². The minimum absolute atomic E-state index is 0.153. The Balaban J connectivity index is 1.91. The Labute approximate surface area is 169 Å². The van der Waals surface area contributed by atoms with Gasteiger partial charge in [-0.25, -0.2) is 13.6 Å². The summed E-state index contributed by atoms with van der Waals surface area (Å²) in [6.07, 6.45) is -3.13. The molecule has 7 nitrogen and oxygen atoms in total. The van der Waals surface area contributed by atoms with Crippen LogP contribution in [0.1, 0.15) is 5.56 Å². The second kappa shape index (κ2) is 7.61. The number of rotatable bonds is 5. The number of nitrogens with zero attached hydrogens (tertiary/aromatic N) is 2. The van der Waals surface area contributed by atoms with E-state index >= 15 is 0 Å². The average Bonchev–Trinajstić information content (AvgIpc) is 2.97. The monoisotopic (exact) mass is 444 g/mol. The standard InChI is InChI=1S/C17H15F3N4O3S2/c1-24-14-4-2-3-10(12(14)9-22-24)7-16(28)23-13-8-11(29(21,25)26)5-6-15(13)27-17(18,19)20/h2-6,8-9H,7H2,1H3,(H,23,28)(H2,21,25,26). The largest absolute Gasteiger partial charge is 0.573 e. The molecule has 3 aromatic rings. The van der Waals surface area contributed by atoms with Gasteiger partial charge in [-0.2, -0.15) is 5.10 Å². The van der Waals surface area contributed by atoms with Gasteiger partial charge in [-0.1, -0.05) is 24.4 Å². The van der Waals surface area contributed by atoms with Crippen LogP contribution in [-0.4, -0.2) is 29.5 Å². The zero-order valence-electron chi connectivity index (χ0n) is 14.9. The van der Waals surface area contributed by atoms with Crippen LogP contribution >= 0.6 is 12.2 Å². The molecule has 0 aliphatic carbocycles.